The topological polar surface area (TPSA) is 57.6 Å². The van der Waals surface area contributed by atoms with E-state index in [0.29, 0.717) is 12.1 Å². The standard InChI is InChI=1S/C16H17NO3S/c1-12(16(19)20)9-17(10-13-5-3-2-4-6-13)15(18)14-7-8-21-11-14/h2-8,11-12H,9-10H2,1H3,(H,19,20)/t12-/m1/s1. The van der Waals surface area contributed by atoms with E-state index in [-0.39, 0.29) is 12.5 Å². The van der Waals surface area contributed by atoms with Crippen LogP contribution in [0.3, 0.4) is 0 Å². The molecule has 0 unspecified atom stereocenters. The molecule has 0 bridgehead atoms. The molecule has 1 aromatic carbocycles. The Morgan fingerprint density at radius 2 is 1.95 bits per heavy atom. The highest BCUT2D eigenvalue weighted by Gasteiger charge is 2.22. The van der Waals surface area contributed by atoms with Crippen LogP contribution in [-0.2, 0) is 11.3 Å². The summed E-state index contributed by atoms with van der Waals surface area (Å²) < 4.78 is 0. The van der Waals surface area contributed by atoms with E-state index < -0.39 is 11.9 Å². The van der Waals surface area contributed by atoms with Gasteiger partial charge in [0.1, 0.15) is 0 Å². The fraction of sp³-hybridized carbons (Fsp3) is 0.250. The van der Waals surface area contributed by atoms with Crippen molar-refractivity contribution < 1.29 is 14.7 Å². The normalized spacial score (nSPS) is 11.9. The molecule has 5 heteroatoms. The van der Waals surface area contributed by atoms with Crippen LogP contribution >= 0.6 is 11.3 Å². The maximum Gasteiger partial charge on any atom is 0.308 e. The average molecular weight is 303 g/mol. The first kappa shape index (κ1) is 15.3. The first-order valence-electron chi connectivity index (χ1n) is 6.66. The lowest BCUT2D eigenvalue weighted by Crippen LogP contribution is -2.36. The van der Waals surface area contributed by atoms with Crippen molar-refractivity contribution in [2.45, 2.75) is 13.5 Å². The molecular weight excluding hydrogens is 286 g/mol. The molecule has 110 valence electrons. The van der Waals surface area contributed by atoms with E-state index in [1.165, 1.54) is 11.3 Å². The van der Waals surface area contributed by atoms with Crippen molar-refractivity contribution in [1.82, 2.24) is 4.90 Å². The third kappa shape index (κ3) is 4.16. The summed E-state index contributed by atoms with van der Waals surface area (Å²) in [5.41, 5.74) is 1.59. The summed E-state index contributed by atoms with van der Waals surface area (Å²) in [6.07, 6.45) is 0. The van der Waals surface area contributed by atoms with Crippen LogP contribution in [0.1, 0.15) is 22.8 Å². The van der Waals surface area contributed by atoms with Gasteiger partial charge in [0.05, 0.1) is 11.5 Å². The smallest absolute Gasteiger partial charge is 0.308 e. The number of carboxylic acids is 1. The molecule has 1 heterocycles. The Balaban J connectivity index is 2.17. The molecule has 2 rings (SSSR count). The predicted octanol–water partition coefficient (Wildman–Crippen LogP) is 3.11. The van der Waals surface area contributed by atoms with Crippen molar-refractivity contribution in [2.24, 2.45) is 5.92 Å². The van der Waals surface area contributed by atoms with Gasteiger partial charge in [0.25, 0.3) is 5.91 Å². The minimum Gasteiger partial charge on any atom is -0.481 e. The lowest BCUT2D eigenvalue weighted by molar-refractivity contribution is -0.141. The zero-order valence-electron chi connectivity index (χ0n) is 11.7. The third-order valence-corrected chi connectivity index (χ3v) is 3.87. The fourth-order valence-corrected chi connectivity index (χ4v) is 2.63. The Bertz CT molecular complexity index is 595. The molecule has 21 heavy (non-hydrogen) atoms. The molecule has 1 aromatic heterocycles. The molecule has 0 radical (unpaired) electrons. The molecule has 0 saturated heterocycles. The quantitative estimate of drug-likeness (QED) is 0.892. The highest BCUT2D eigenvalue weighted by atomic mass is 32.1. The molecular formula is C16H17NO3S. The maximum atomic E-state index is 12.5. The van der Waals surface area contributed by atoms with Crippen LogP contribution in [0.25, 0.3) is 0 Å². The first-order chi connectivity index (χ1) is 10.1. The SMILES string of the molecule is C[C@H](CN(Cc1ccccc1)C(=O)c1ccsc1)C(=O)O. The highest BCUT2D eigenvalue weighted by Crippen LogP contribution is 2.14. The van der Waals surface area contributed by atoms with Crippen molar-refractivity contribution in [3.63, 3.8) is 0 Å². The molecule has 0 saturated carbocycles. The van der Waals surface area contributed by atoms with E-state index in [0.717, 1.165) is 5.56 Å². The number of thiophene rings is 1. The number of rotatable bonds is 6. The number of nitrogens with zero attached hydrogens (tertiary/aromatic N) is 1. The number of carbonyl (C=O) groups is 2. The lowest BCUT2D eigenvalue weighted by atomic mass is 10.1. The van der Waals surface area contributed by atoms with Crippen molar-refractivity contribution in [1.29, 1.82) is 0 Å². The molecule has 1 N–H and O–H groups in total. The first-order valence-corrected chi connectivity index (χ1v) is 7.60. The van der Waals surface area contributed by atoms with Gasteiger partial charge in [-0.15, -0.1) is 0 Å². The monoisotopic (exact) mass is 303 g/mol. The number of benzene rings is 1. The molecule has 0 fully saturated rings. The number of hydrogen-bond donors (Lipinski definition) is 1. The van der Waals surface area contributed by atoms with Crippen LogP contribution in [0, 0.1) is 5.92 Å². The Morgan fingerprint density at radius 3 is 2.52 bits per heavy atom. The van der Waals surface area contributed by atoms with Crippen LogP contribution < -0.4 is 0 Å². The number of aliphatic carboxylic acids is 1. The molecule has 1 atom stereocenters. The van der Waals surface area contributed by atoms with Gasteiger partial charge in [-0.25, -0.2) is 0 Å². The van der Waals surface area contributed by atoms with Gasteiger partial charge in [0.2, 0.25) is 0 Å². The number of carboxylic acid groups (broad SMARTS) is 1. The van der Waals surface area contributed by atoms with Gasteiger partial charge >= 0.3 is 5.97 Å². The summed E-state index contributed by atoms with van der Waals surface area (Å²) in [6, 6.07) is 11.3. The van der Waals surface area contributed by atoms with Crippen LogP contribution in [0.15, 0.2) is 47.2 Å². The summed E-state index contributed by atoms with van der Waals surface area (Å²) in [5.74, 6) is -1.63. The minimum atomic E-state index is -0.897. The van der Waals surface area contributed by atoms with E-state index in [1.54, 1.807) is 23.3 Å². The fourth-order valence-electron chi connectivity index (χ4n) is 2.00. The van der Waals surface area contributed by atoms with Crippen molar-refractivity contribution in [3.8, 4) is 0 Å². The van der Waals surface area contributed by atoms with Crippen molar-refractivity contribution in [2.75, 3.05) is 6.54 Å². The molecule has 0 aliphatic carbocycles. The predicted molar refractivity (Wildman–Crippen MR) is 82.3 cm³/mol. The van der Waals surface area contributed by atoms with E-state index in [9.17, 15) is 9.59 Å². The molecule has 1 amide bonds. The molecule has 0 spiro atoms. The summed E-state index contributed by atoms with van der Waals surface area (Å²) >= 11 is 1.45. The summed E-state index contributed by atoms with van der Waals surface area (Å²) in [7, 11) is 0. The Kier molecular flexibility index (Phi) is 5.11. The van der Waals surface area contributed by atoms with E-state index in [4.69, 9.17) is 5.11 Å². The lowest BCUT2D eigenvalue weighted by Gasteiger charge is -2.24. The highest BCUT2D eigenvalue weighted by molar-refractivity contribution is 7.08. The largest absolute Gasteiger partial charge is 0.481 e. The minimum absolute atomic E-state index is 0.131. The van der Waals surface area contributed by atoms with Gasteiger partial charge in [-0.05, 0) is 17.0 Å². The summed E-state index contributed by atoms with van der Waals surface area (Å²) in [5, 5.41) is 12.7. The number of amides is 1. The van der Waals surface area contributed by atoms with Gasteiger partial charge in [0, 0.05) is 18.5 Å². The van der Waals surface area contributed by atoms with Crippen LogP contribution in [0.5, 0.6) is 0 Å². The summed E-state index contributed by atoms with van der Waals surface area (Å²) in [4.78, 5) is 25.2. The van der Waals surface area contributed by atoms with E-state index in [2.05, 4.69) is 0 Å². The van der Waals surface area contributed by atoms with Crippen LogP contribution in [0.4, 0.5) is 0 Å². The van der Waals surface area contributed by atoms with Crippen molar-refractivity contribution in [3.05, 3.63) is 58.3 Å². The van der Waals surface area contributed by atoms with Gasteiger partial charge < -0.3 is 10.0 Å². The summed E-state index contributed by atoms with van der Waals surface area (Å²) in [6.45, 7) is 2.22. The number of hydrogen-bond acceptors (Lipinski definition) is 3. The van der Waals surface area contributed by atoms with E-state index >= 15 is 0 Å². The molecule has 4 nitrogen and oxygen atoms in total. The number of carbonyl (C=O) groups excluding carboxylic acids is 1. The Hall–Kier alpha value is -2.14. The molecule has 0 aliphatic heterocycles. The van der Waals surface area contributed by atoms with Crippen molar-refractivity contribution >= 4 is 23.2 Å². The third-order valence-electron chi connectivity index (χ3n) is 3.19. The Morgan fingerprint density at radius 1 is 1.24 bits per heavy atom. The van der Waals surface area contributed by atoms with Crippen LogP contribution in [0.2, 0.25) is 0 Å². The second kappa shape index (κ2) is 7.04. The van der Waals surface area contributed by atoms with Crippen LogP contribution in [-0.4, -0.2) is 28.4 Å². The second-order valence-corrected chi connectivity index (χ2v) is 5.70. The van der Waals surface area contributed by atoms with Gasteiger partial charge in [0.15, 0.2) is 0 Å². The van der Waals surface area contributed by atoms with Gasteiger partial charge in [-0.2, -0.15) is 11.3 Å². The maximum absolute atomic E-state index is 12.5. The Labute approximate surface area is 127 Å². The zero-order chi connectivity index (χ0) is 15.2. The van der Waals surface area contributed by atoms with Gasteiger partial charge in [-0.3, -0.25) is 9.59 Å². The van der Waals surface area contributed by atoms with E-state index in [1.807, 2.05) is 35.7 Å². The molecule has 2 aromatic rings. The average Bonchev–Trinajstić information content (AvgIpc) is 3.01. The molecule has 0 aliphatic rings. The second-order valence-electron chi connectivity index (χ2n) is 4.92. The zero-order valence-corrected chi connectivity index (χ0v) is 12.5. The van der Waals surface area contributed by atoms with Gasteiger partial charge in [-0.1, -0.05) is 37.3 Å².